The predicted octanol–water partition coefficient (Wildman–Crippen LogP) is 0.981. The summed E-state index contributed by atoms with van der Waals surface area (Å²) in [7, 11) is 1.26. The average Bonchev–Trinajstić information content (AvgIpc) is 3.50. The van der Waals surface area contributed by atoms with Crippen LogP contribution < -0.4 is 11.1 Å². The Morgan fingerprint density at radius 3 is 2.88 bits per heavy atom. The number of aliphatic carboxylic acids is 1. The van der Waals surface area contributed by atoms with E-state index in [1.54, 1.807) is 6.07 Å². The number of rotatable bonds is 8. The number of thiazole rings is 1. The van der Waals surface area contributed by atoms with Crippen molar-refractivity contribution < 1.29 is 33.5 Å². The molecule has 0 bridgehead atoms. The van der Waals surface area contributed by atoms with E-state index in [1.807, 2.05) is 0 Å². The minimum atomic E-state index is -1.29. The van der Waals surface area contributed by atoms with Gasteiger partial charge in [-0.1, -0.05) is 16.9 Å². The molecule has 2 aromatic heterocycles. The van der Waals surface area contributed by atoms with Crippen LogP contribution >= 0.6 is 34.9 Å². The standard InChI is InChI=1S/C19H17N5O7S3/c1-30-23-11(9-7-34-19(20)21-9)14(25)22-12-15(26)24-13(17(27)28)8(5-32-16(12)24)6-33-18(29)10-3-2-4-31-10/h2-4,7,12,16H,5-6H2,1H3,(H2,20,21)(H,22,25)(H,27,28)/b23-11+/t12-,16?/m1/s1. The lowest BCUT2D eigenvalue weighted by atomic mass is 10.0. The number of carboxylic acid groups (broad SMARTS) is 1. The number of carbonyl (C=O) groups is 4. The summed E-state index contributed by atoms with van der Waals surface area (Å²) in [5.41, 5.74) is 5.89. The Kier molecular flexibility index (Phi) is 6.95. The lowest BCUT2D eigenvalue weighted by molar-refractivity contribution is -0.150. The first-order valence-electron chi connectivity index (χ1n) is 9.55. The van der Waals surface area contributed by atoms with Crippen molar-refractivity contribution in [3.8, 4) is 0 Å². The van der Waals surface area contributed by atoms with E-state index in [1.165, 1.54) is 36.6 Å². The molecule has 2 atom stereocenters. The molecule has 4 rings (SSSR count). The topological polar surface area (TPSA) is 177 Å². The molecule has 0 aromatic carbocycles. The quantitative estimate of drug-likeness (QED) is 0.255. The number of oxime groups is 1. The number of thioether (sulfide) groups is 2. The summed E-state index contributed by atoms with van der Waals surface area (Å²) >= 11 is 3.29. The van der Waals surface area contributed by atoms with Gasteiger partial charge in [-0.25, -0.2) is 9.78 Å². The second-order valence-electron chi connectivity index (χ2n) is 6.87. The number of anilines is 1. The summed E-state index contributed by atoms with van der Waals surface area (Å²) < 4.78 is 5.05. The first-order chi connectivity index (χ1) is 16.3. The van der Waals surface area contributed by atoms with Crippen LogP contribution in [0.2, 0.25) is 0 Å². The number of fused-ring (bicyclic) bond motifs is 1. The zero-order valence-electron chi connectivity index (χ0n) is 17.4. The summed E-state index contributed by atoms with van der Waals surface area (Å²) in [6.07, 6.45) is 1.37. The van der Waals surface area contributed by atoms with E-state index in [9.17, 15) is 24.3 Å². The highest BCUT2D eigenvalue weighted by Gasteiger charge is 2.54. The number of carboxylic acids is 1. The van der Waals surface area contributed by atoms with Gasteiger partial charge in [0.2, 0.25) is 0 Å². The third kappa shape index (κ3) is 4.53. The van der Waals surface area contributed by atoms with Crippen molar-refractivity contribution in [3.05, 3.63) is 46.5 Å². The highest BCUT2D eigenvalue weighted by Crippen LogP contribution is 2.41. The van der Waals surface area contributed by atoms with Crippen molar-refractivity contribution >= 4 is 68.6 Å². The summed E-state index contributed by atoms with van der Waals surface area (Å²) in [5.74, 6) is -2.08. The Morgan fingerprint density at radius 1 is 1.47 bits per heavy atom. The first kappa shape index (κ1) is 23.8. The maximum absolute atomic E-state index is 12.8. The van der Waals surface area contributed by atoms with E-state index in [4.69, 9.17) is 15.0 Å². The largest absolute Gasteiger partial charge is 0.477 e. The summed E-state index contributed by atoms with van der Waals surface area (Å²) in [6, 6.07) is 2.13. The van der Waals surface area contributed by atoms with Crippen LogP contribution in [0.3, 0.4) is 0 Å². The number of nitrogen functional groups attached to an aromatic ring is 1. The molecule has 0 saturated carbocycles. The Morgan fingerprint density at radius 2 is 2.26 bits per heavy atom. The molecule has 4 N–H and O–H groups in total. The van der Waals surface area contributed by atoms with Gasteiger partial charge < -0.3 is 25.4 Å². The van der Waals surface area contributed by atoms with Gasteiger partial charge in [0.05, 0.1) is 6.26 Å². The van der Waals surface area contributed by atoms with E-state index < -0.39 is 29.2 Å². The van der Waals surface area contributed by atoms with Crippen molar-refractivity contribution in [1.29, 1.82) is 0 Å². The second-order valence-corrected chi connectivity index (χ2v) is 9.81. The summed E-state index contributed by atoms with van der Waals surface area (Å²) in [4.78, 5) is 59.6. The second kappa shape index (κ2) is 9.90. The van der Waals surface area contributed by atoms with Crippen molar-refractivity contribution in [2.24, 2.45) is 5.16 Å². The predicted molar refractivity (Wildman–Crippen MR) is 125 cm³/mol. The van der Waals surface area contributed by atoms with Gasteiger partial charge in [0, 0.05) is 16.9 Å². The highest BCUT2D eigenvalue weighted by atomic mass is 32.2. The van der Waals surface area contributed by atoms with Crippen molar-refractivity contribution in [3.63, 3.8) is 0 Å². The van der Waals surface area contributed by atoms with Crippen LogP contribution in [0.5, 0.6) is 0 Å². The lowest BCUT2D eigenvalue weighted by Crippen LogP contribution is -2.71. The fraction of sp³-hybridized carbons (Fsp3) is 0.263. The molecule has 2 aliphatic heterocycles. The number of hydrogen-bond acceptors (Lipinski definition) is 12. The molecule has 2 amide bonds. The van der Waals surface area contributed by atoms with Gasteiger partial charge in [-0.2, -0.15) is 0 Å². The molecule has 1 unspecified atom stereocenters. The SMILES string of the molecule is CO/N=C(/C(=O)N[C@@H]1C(=O)N2C(C(=O)O)=C(CSC(=O)c3ccco3)CSC12)c1csc(N)n1. The minimum absolute atomic E-state index is 0.0809. The molecule has 2 aromatic rings. The Hall–Kier alpha value is -3.30. The van der Waals surface area contributed by atoms with Gasteiger partial charge in [0.25, 0.3) is 16.9 Å². The lowest BCUT2D eigenvalue weighted by Gasteiger charge is -2.49. The van der Waals surface area contributed by atoms with Crippen LogP contribution in [0.4, 0.5) is 5.13 Å². The summed E-state index contributed by atoms with van der Waals surface area (Å²) in [5, 5.41) is 16.8. The average molecular weight is 524 g/mol. The number of β-lactam (4-membered cyclic amide) rings is 1. The van der Waals surface area contributed by atoms with E-state index in [0.29, 0.717) is 5.57 Å². The van der Waals surface area contributed by atoms with Crippen LogP contribution in [0.25, 0.3) is 0 Å². The molecule has 4 heterocycles. The monoisotopic (exact) mass is 523 g/mol. The number of nitrogens with one attached hydrogen (secondary N) is 1. The number of furan rings is 1. The number of aromatic nitrogens is 1. The molecule has 2 aliphatic rings. The van der Waals surface area contributed by atoms with Crippen LogP contribution in [-0.2, 0) is 19.2 Å². The minimum Gasteiger partial charge on any atom is -0.477 e. The normalized spacial score (nSPS) is 20.0. The van der Waals surface area contributed by atoms with Crippen molar-refractivity contribution in [2.45, 2.75) is 11.4 Å². The number of amides is 2. The third-order valence-corrected chi connectivity index (χ3v) is 7.77. The first-order valence-corrected chi connectivity index (χ1v) is 12.5. The van der Waals surface area contributed by atoms with Crippen LogP contribution in [-0.4, -0.2) is 73.6 Å². The zero-order chi connectivity index (χ0) is 24.4. The van der Waals surface area contributed by atoms with E-state index in [0.717, 1.165) is 28.0 Å². The van der Waals surface area contributed by atoms with Crippen LogP contribution in [0, 0.1) is 0 Å². The number of carbonyl (C=O) groups excluding carboxylic acids is 3. The van der Waals surface area contributed by atoms with Gasteiger partial charge >= 0.3 is 5.97 Å². The van der Waals surface area contributed by atoms with Crippen LogP contribution in [0.15, 0.2) is 44.6 Å². The van der Waals surface area contributed by atoms with Gasteiger partial charge in [-0.05, 0) is 17.7 Å². The van der Waals surface area contributed by atoms with Crippen LogP contribution in [0.1, 0.15) is 16.2 Å². The molecule has 178 valence electrons. The van der Waals surface area contributed by atoms with Gasteiger partial charge in [0.15, 0.2) is 16.6 Å². The highest BCUT2D eigenvalue weighted by molar-refractivity contribution is 8.14. The van der Waals surface area contributed by atoms with Gasteiger partial charge in [0.1, 0.15) is 29.9 Å². The van der Waals surface area contributed by atoms with Crippen molar-refractivity contribution in [2.75, 3.05) is 24.3 Å². The van der Waals surface area contributed by atoms with Crippen molar-refractivity contribution in [1.82, 2.24) is 15.2 Å². The molecule has 1 saturated heterocycles. The molecule has 15 heteroatoms. The molecule has 34 heavy (non-hydrogen) atoms. The molecule has 1 fully saturated rings. The Balaban J connectivity index is 1.47. The summed E-state index contributed by atoms with van der Waals surface area (Å²) in [6.45, 7) is 0. The number of nitrogens with zero attached hydrogens (tertiary/aromatic N) is 3. The maximum Gasteiger partial charge on any atom is 0.352 e. The van der Waals surface area contributed by atoms with E-state index >= 15 is 0 Å². The smallest absolute Gasteiger partial charge is 0.352 e. The Labute approximate surface area is 204 Å². The van der Waals surface area contributed by atoms with Gasteiger partial charge in [-0.3, -0.25) is 19.3 Å². The van der Waals surface area contributed by atoms with E-state index in [2.05, 4.69) is 15.5 Å². The number of nitrogens with two attached hydrogens (primary N) is 1. The van der Waals surface area contributed by atoms with E-state index in [-0.39, 0.29) is 44.6 Å². The third-order valence-electron chi connectivity index (χ3n) is 4.80. The molecular weight excluding hydrogens is 506 g/mol. The molecule has 0 aliphatic carbocycles. The van der Waals surface area contributed by atoms with Gasteiger partial charge in [-0.15, -0.1) is 23.1 Å². The Bertz CT molecular complexity index is 1210. The molecule has 0 radical (unpaired) electrons. The zero-order valence-corrected chi connectivity index (χ0v) is 19.9. The number of hydrogen-bond donors (Lipinski definition) is 3. The fourth-order valence-electron chi connectivity index (χ4n) is 3.31. The maximum atomic E-state index is 12.8. The molecular formula is C19H17N5O7S3. The molecule has 0 spiro atoms. The fourth-order valence-corrected chi connectivity index (χ4v) is 6.14. The molecule has 12 nitrogen and oxygen atoms in total.